The van der Waals surface area contributed by atoms with Crippen LogP contribution in [0.15, 0.2) is 140 Å². The van der Waals surface area contributed by atoms with E-state index < -0.39 is 11.1 Å². The molecular formula is C44H26N4+2. The standard InChI is InChI=1S/C44H26N4/c1-25-21-23-46-37(24-25)30-12-8-16-33-39(30)44(46)40-34(43(33)31-14-4-2-10-26(31)27-11-3-5-15-32(27)43)20-19-28-29-13-9-22-45-41(29)47-35-17-6-7-18-36(35)48(44)42(47)38(28)40/h2-24H,1H3/q+2. The van der Waals surface area contributed by atoms with E-state index in [2.05, 4.69) is 154 Å². The number of para-hydroxylation sites is 2. The minimum atomic E-state index is -0.615. The van der Waals surface area contributed by atoms with Crippen LogP contribution in [-0.4, -0.2) is 9.38 Å². The molecule has 1 unspecified atom stereocenters. The number of hydrogen-bond donors (Lipinski definition) is 0. The summed E-state index contributed by atoms with van der Waals surface area (Å²) < 4.78 is 7.71. The van der Waals surface area contributed by atoms with Crippen LogP contribution in [0.5, 0.6) is 0 Å². The van der Waals surface area contributed by atoms with Gasteiger partial charge in [-0.3, -0.25) is 0 Å². The lowest BCUT2D eigenvalue weighted by atomic mass is 9.58. The summed E-state index contributed by atoms with van der Waals surface area (Å²) in [7, 11) is 0. The van der Waals surface area contributed by atoms with E-state index in [4.69, 9.17) is 4.98 Å². The predicted molar refractivity (Wildman–Crippen MR) is 187 cm³/mol. The third kappa shape index (κ3) is 2.19. The highest BCUT2D eigenvalue weighted by molar-refractivity contribution is 6.15. The van der Waals surface area contributed by atoms with Crippen molar-refractivity contribution in [3.8, 4) is 22.4 Å². The second-order valence-corrected chi connectivity index (χ2v) is 14.0. The molecule has 0 N–H and O–H groups in total. The van der Waals surface area contributed by atoms with Gasteiger partial charge in [0.05, 0.1) is 32.9 Å². The average molecular weight is 611 g/mol. The van der Waals surface area contributed by atoms with Crippen LogP contribution in [0.4, 0.5) is 0 Å². The van der Waals surface area contributed by atoms with Crippen molar-refractivity contribution in [2.45, 2.75) is 18.0 Å². The van der Waals surface area contributed by atoms with Crippen molar-refractivity contribution >= 4 is 38.5 Å². The summed E-state index contributed by atoms with van der Waals surface area (Å²) in [4.78, 5) is 5.07. The summed E-state index contributed by atoms with van der Waals surface area (Å²) in [5.74, 6) is 0. The maximum Gasteiger partial charge on any atom is 0.365 e. The van der Waals surface area contributed by atoms with Crippen molar-refractivity contribution in [1.82, 2.24) is 9.38 Å². The lowest BCUT2D eigenvalue weighted by Crippen LogP contribution is -2.73. The fourth-order valence-electron chi connectivity index (χ4n) is 10.7. The van der Waals surface area contributed by atoms with Gasteiger partial charge in [-0.25, -0.2) is 4.98 Å². The van der Waals surface area contributed by atoms with Gasteiger partial charge in [0.15, 0.2) is 17.2 Å². The molecule has 13 rings (SSSR count). The summed E-state index contributed by atoms with van der Waals surface area (Å²) >= 11 is 0. The summed E-state index contributed by atoms with van der Waals surface area (Å²) in [5.41, 5.74) is 18.3. The maximum absolute atomic E-state index is 5.07. The van der Waals surface area contributed by atoms with Crippen LogP contribution >= 0.6 is 0 Å². The number of rotatable bonds is 0. The Morgan fingerprint density at radius 2 is 1.35 bits per heavy atom. The highest BCUT2D eigenvalue weighted by Crippen LogP contribution is 2.65. The van der Waals surface area contributed by atoms with Gasteiger partial charge in [-0.15, -0.1) is 9.13 Å². The predicted octanol–water partition coefficient (Wildman–Crippen LogP) is 7.95. The zero-order valence-electron chi connectivity index (χ0n) is 26.1. The molecule has 4 aromatic heterocycles. The molecule has 4 nitrogen and oxygen atoms in total. The molecule has 2 aliphatic heterocycles. The van der Waals surface area contributed by atoms with Crippen molar-refractivity contribution in [2.24, 2.45) is 0 Å². The van der Waals surface area contributed by atoms with Gasteiger partial charge in [-0.05, 0) is 76.2 Å². The number of imidazole rings is 1. The van der Waals surface area contributed by atoms with E-state index in [1.807, 2.05) is 6.20 Å². The normalized spacial score (nSPS) is 17.9. The van der Waals surface area contributed by atoms with E-state index in [0.29, 0.717) is 0 Å². The van der Waals surface area contributed by atoms with Gasteiger partial charge in [0.25, 0.3) is 0 Å². The Kier molecular flexibility index (Phi) is 3.78. The zero-order valence-corrected chi connectivity index (χ0v) is 26.1. The van der Waals surface area contributed by atoms with Crippen LogP contribution in [0.25, 0.3) is 60.9 Å². The van der Waals surface area contributed by atoms with E-state index in [1.165, 1.54) is 94.2 Å². The molecule has 5 aromatic carbocycles. The van der Waals surface area contributed by atoms with Gasteiger partial charge in [0, 0.05) is 23.7 Å². The Morgan fingerprint density at radius 3 is 2.21 bits per heavy atom. The Labute approximate surface area is 275 Å². The third-order valence-corrected chi connectivity index (χ3v) is 12.1. The smallest absolute Gasteiger partial charge is 0.217 e. The number of benzene rings is 5. The summed E-state index contributed by atoms with van der Waals surface area (Å²) in [6, 6.07) is 48.2. The molecule has 2 aliphatic carbocycles. The van der Waals surface area contributed by atoms with Gasteiger partial charge in [-0.2, -0.15) is 4.40 Å². The highest BCUT2D eigenvalue weighted by atomic mass is 15.3. The zero-order chi connectivity index (χ0) is 31.1. The maximum atomic E-state index is 5.07. The van der Waals surface area contributed by atoms with Crippen molar-refractivity contribution in [1.29, 1.82) is 0 Å². The summed E-state index contributed by atoms with van der Waals surface area (Å²) in [6.07, 6.45) is 4.28. The molecule has 0 saturated heterocycles. The van der Waals surface area contributed by atoms with Crippen LogP contribution in [0, 0.1) is 6.92 Å². The number of hydrogen-bond acceptors (Lipinski definition) is 1. The van der Waals surface area contributed by atoms with E-state index in [0.717, 1.165) is 5.65 Å². The van der Waals surface area contributed by atoms with Crippen LogP contribution in [0.1, 0.15) is 38.9 Å². The van der Waals surface area contributed by atoms with Gasteiger partial charge < -0.3 is 0 Å². The quantitative estimate of drug-likeness (QED) is 0.126. The number of nitrogens with zero attached hydrogens (tertiary/aromatic N) is 4. The Morgan fingerprint density at radius 1 is 0.625 bits per heavy atom. The molecule has 4 aliphatic rings. The molecule has 4 heteroatoms. The number of aryl methyl sites for hydroxylation is 1. The molecule has 9 aromatic rings. The first-order chi connectivity index (χ1) is 23.8. The van der Waals surface area contributed by atoms with E-state index in [1.54, 1.807) is 0 Å². The number of pyridine rings is 3. The summed E-state index contributed by atoms with van der Waals surface area (Å²) in [6.45, 7) is 2.22. The molecule has 0 bridgehead atoms. The van der Waals surface area contributed by atoms with E-state index in [-0.39, 0.29) is 0 Å². The second-order valence-electron chi connectivity index (χ2n) is 14.0. The molecule has 0 radical (unpaired) electrons. The first-order valence-electron chi connectivity index (χ1n) is 16.8. The molecule has 6 heterocycles. The molecule has 2 spiro atoms. The molecule has 0 amide bonds. The monoisotopic (exact) mass is 610 g/mol. The summed E-state index contributed by atoms with van der Waals surface area (Å²) in [5, 5.41) is 3.77. The third-order valence-electron chi connectivity index (χ3n) is 12.1. The number of fused-ring (bicyclic) bond motifs is 15. The number of aromatic nitrogens is 4. The Balaban J connectivity index is 1.40. The molecule has 220 valence electrons. The van der Waals surface area contributed by atoms with Gasteiger partial charge in [0.1, 0.15) is 0 Å². The van der Waals surface area contributed by atoms with E-state index in [9.17, 15) is 0 Å². The molecule has 0 saturated carbocycles. The lowest BCUT2D eigenvalue weighted by Gasteiger charge is -2.42. The fourth-order valence-corrected chi connectivity index (χ4v) is 10.7. The van der Waals surface area contributed by atoms with Gasteiger partial charge in [0.2, 0.25) is 11.3 Å². The minimum Gasteiger partial charge on any atom is -0.217 e. The average Bonchev–Trinajstić information content (AvgIpc) is 3.83. The largest absolute Gasteiger partial charge is 0.365 e. The lowest BCUT2D eigenvalue weighted by molar-refractivity contribution is -0.940. The molecule has 1 atom stereocenters. The first kappa shape index (κ1) is 24.1. The SMILES string of the molecule is Cc1cc[n+]2c(c1)-c1cccc3c1C21c2c(ccc4c5cccnc5n5c6ccccc6[n+]1c5c24)C31c2ccccc2-c2ccccc21. The minimum absolute atomic E-state index is 0.468. The highest BCUT2D eigenvalue weighted by Gasteiger charge is 2.72. The second kappa shape index (κ2) is 7.53. The van der Waals surface area contributed by atoms with Crippen LogP contribution in [0.3, 0.4) is 0 Å². The topological polar surface area (TPSA) is 25.1 Å². The first-order valence-corrected chi connectivity index (χ1v) is 16.8. The van der Waals surface area contributed by atoms with Crippen molar-refractivity contribution in [3.05, 3.63) is 179 Å². The Bertz CT molecular complexity index is 2990. The van der Waals surface area contributed by atoms with Crippen LogP contribution in [0.2, 0.25) is 0 Å². The van der Waals surface area contributed by atoms with Gasteiger partial charge >= 0.3 is 11.3 Å². The van der Waals surface area contributed by atoms with Crippen molar-refractivity contribution in [2.75, 3.05) is 0 Å². The molecule has 48 heavy (non-hydrogen) atoms. The van der Waals surface area contributed by atoms with Crippen LogP contribution < -0.4 is 9.13 Å². The van der Waals surface area contributed by atoms with Gasteiger partial charge in [-0.1, -0.05) is 84.9 Å². The molecular weight excluding hydrogens is 585 g/mol. The molecule has 0 fully saturated rings. The van der Waals surface area contributed by atoms with Crippen molar-refractivity contribution in [3.63, 3.8) is 0 Å². The van der Waals surface area contributed by atoms with E-state index >= 15 is 0 Å². The van der Waals surface area contributed by atoms with Crippen molar-refractivity contribution < 1.29 is 9.13 Å². The fraction of sp³-hybridized carbons (Fsp3) is 0.0682. The van der Waals surface area contributed by atoms with Crippen LogP contribution in [-0.2, 0) is 11.1 Å². The Hall–Kier alpha value is -6.13.